The largest absolute Gasteiger partial charge is 0.493 e. The zero-order valence-electron chi connectivity index (χ0n) is 13.2. The fourth-order valence-electron chi connectivity index (χ4n) is 2.17. The van der Waals surface area contributed by atoms with Gasteiger partial charge in [-0.15, -0.1) is 5.10 Å². The first-order valence-corrected chi connectivity index (χ1v) is 6.88. The van der Waals surface area contributed by atoms with Gasteiger partial charge in [0.1, 0.15) is 17.9 Å². The van der Waals surface area contributed by atoms with Crippen molar-refractivity contribution in [3.05, 3.63) is 35.7 Å². The molecule has 0 unspecified atom stereocenters. The molecule has 0 aliphatic carbocycles. The van der Waals surface area contributed by atoms with E-state index in [1.165, 1.54) is 10.8 Å². The predicted octanol–water partition coefficient (Wildman–Crippen LogP) is 0.685. The van der Waals surface area contributed by atoms with E-state index >= 15 is 0 Å². The first-order valence-electron chi connectivity index (χ1n) is 6.88. The van der Waals surface area contributed by atoms with Crippen molar-refractivity contribution in [1.82, 2.24) is 20.1 Å². The molecule has 1 aromatic heterocycles. The number of methoxy groups -OCH3 is 2. The lowest BCUT2D eigenvalue weighted by Crippen LogP contribution is -2.16. The molecule has 2 rings (SSSR count). The summed E-state index contributed by atoms with van der Waals surface area (Å²) in [6.45, 7) is 0. The van der Waals surface area contributed by atoms with E-state index in [0.717, 1.165) is 5.56 Å². The number of carbonyl (C=O) groups excluding carboxylic acids is 1. The van der Waals surface area contributed by atoms with Gasteiger partial charge in [0.2, 0.25) is 5.95 Å². The molecule has 122 valence electrons. The number of nitrogens with one attached hydrogen (secondary N) is 1. The predicted molar refractivity (Wildman–Crippen MR) is 86.2 cm³/mol. The maximum atomic E-state index is 10.7. The van der Waals surface area contributed by atoms with Crippen LogP contribution in [0.5, 0.6) is 11.5 Å². The van der Waals surface area contributed by atoms with E-state index < -0.39 is 0 Å². The van der Waals surface area contributed by atoms with E-state index in [1.54, 1.807) is 21.3 Å². The quantitative estimate of drug-likeness (QED) is 0.571. The van der Waals surface area contributed by atoms with Crippen LogP contribution in [0.2, 0.25) is 0 Å². The lowest BCUT2D eigenvalue weighted by atomic mass is 10.1. The van der Waals surface area contributed by atoms with Crippen LogP contribution < -0.4 is 20.5 Å². The Bertz CT molecular complexity index is 724. The van der Waals surface area contributed by atoms with Crippen molar-refractivity contribution < 1.29 is 14.3 Å². The first kappa shape index (κ1) is 16.3. The minimum atomic E-state index is 0.132. The number of carbonyl (C=O) groups is 1. The minimum absolute atomic E-state index is 0.132. The Kier molecular flexibility index (Phi) is 5.19. The van der Waals surface area contributed by atoms with Gasteiger partial charge in [0, 0.05) is 19.5 Å². The molecule has 0 fully saturated rings. The second kappa shape index (κ2) is 7.30. The zero-order chi connectivity index (χ0) is 16.8. The van der Waals surface area contributed by atoms with Gasteiger partial charge in [0.25, 0.3) is 0 Å². The summed E-state index contributed by atoms with van der Waals surface area (Å²) < 4.78 is 12.0. The molecule has 0 bridgehead atoms. The third kappa shape index (κ3) is 3.60. The number of nitrogens with zero attached hydrogens (tertiary/aromatic N) is 3. The monoisotopic (exact) mass is 317 g/mol. The molecular weight excluding hydrogens is 298 g/mol. The number of ether oxygens (including phenoxy) is 2. The van der Waals surface area contributed by atoms with Crippen LogP contribution in [0, 0.1) is 0 Å². The Morgan fingerprint density at radius 3 is 2.70 bits per heavy atom. The number of allylic oxidation sites excluding steroid dienone is 1. The fraction of sp³-hybridized carbons (Fsp3) is 0.267. The molecule has 23 heavy (non-hydrogen) atoms. The van der Waals surface area contributed by atoms with Crippen molar-refractivity contribution in [1.29, 1.82) is 0 Å². The van der Waals surface area contributed by atoms with Gasteiger partial charge < -0.3 is 20.5 Å². The van der Waals surface area contributed by atoms with E-state index in [9.17, 15) is 4.79 Å². The summed E-state index contributed by atoms with van der Waals surface area (Å²) in [5.74, 6) is 2.49. The molecule has 2 aromatic rings. The van der Waals surface area contributed by atoms with E-state index in [-0.39, 0.29) is 5.95 Å². The van der Waals surface area contributed by atoms with Gasteiger partial charge in [-0.3, -0.25) is 4.79 Å². The lowest BCUT2D eigenvalue weighted by Gasteiger charge is -2.11. The van der Waals surface area contributed by atoms with E-state index in [0.29, 0.717) is 35.9 Å². The average Bonchev–Trinajstić information content (AvgIpc) is 2.92. The number of hydrogen-bond donors (Lipinski definition) is 2. The van der Waals surface area contributed by atoms with Crippen molar-refractivity contribution in [2.75, 3.05) is 27.0 Å². The highest BCUT2D eigenvalue weighted by atomic mass is 16.5. The molecule has 0 radical (unpaired) electrons. The van der Waals surface area contributed by atoms with Crippen molar-refractivity contribution in [3.63, 3.8) is 0 Å². The Hall–Kier alpha value is -3.03. The summed E-state index contributed by atoms with van der Waals surface area (Å²) in [5, 5.41) is 7.00. The van der Waals surface area contributed by atoms with Gasteiger partial charge >= 0.3 is 0 Å². The lowest BCUT2D eigenvalue weighted by molar-refractivity contribution is -0.104. The number of rotatable bonds is 7. The van der Waals surface area contributed by atoms with Crippen LogP contribution in [-0.4, -0.2) is 42.3 Å². The Labute approximate surface area is 133 Å². The molecule has 0 aliphatic rings. The summed E-state index contributed by atoms with van der Waals surface area (Å²) in [6, 6.07) is 5.58. The summed E-state index contributed by atoms with van der Waals surface area (Å²) in [6.07, 6.45) is 2.48. The summed E-state index contributed by atoms with van der Waals surface area (Å²) in [4.78, 5) is 15.0. The van der Waals surface area contributed by atoms with Crippen LogP contribution >= 0.6 is 0 Å². The van der Waals surface area contributed by atoms with E-state index in [2.05, 4.69) is 15.4 Å². The third-order valence-electron chi connectivity index (χ3n) is 3.21. The molecule has 3 N–H and O–H groups in total. The standard InChI is InChI=1S/C15H19N5O3/c1-17-13(6-7-21)20-14(18-15(16)19-20)9-10-4-5-11(22-2)12(8-10)23-3/h4-8,17H,9H2,1-3H3,(H2,16,19)/b13-6+. The van der Waals surface area contributed by atoms with Crippen molar-refractivity contribution in [2.45, 2.75) is 6.42 Å². The second-order valence-corrected chi connectivity index (χ2v) is 4.60. The van der Waals surface area contributed by atoms with Crippen LogP contribution in [0.3, 0.4) is 0 Å². The molecule has 0 spiro atoms. The highest BCUT2D eigenvalue weighted by molar-refractivity contribution is 5.74. The smallest absolute Gasteiger partial charge is 0.240 e. The number of nitrogen functional groups attached to an aromatic ring is 1. The van der Waals surface area contributed by atoms with Crippen molar-refractivity contribution in [2.24, 2.45) is 0 Å². The number of nitrogens with two attached hydrogens (primary N) is 1. The number of aromatic nitrogens is 3. The van der Waals surface area contributed by atoms with Crippen molar-refractivity contribution in [3.8, 4) is 11.5 Å². The average molecular weight is 317 g/mol. The first-order chi connectivity index (χ1) is 11.1. The van der Waals surface area contributed by atoms with Crippen LogP contribution in [0.4, 0.5) is 5.95 Å². The Balaban J connectivity index is 2.37. The number of aldehydes is 1. The van der Waals surface area contributed by atoms with E-state index in [1.807, 2.05) is 18.2 Å². The van der Waals surface area contributed by atoms with Gasteiger partial charge in [0.05, 0.1) is 14.2 Å². The molecule has 8 heteroatoms. The highest BCUT2D eigenvalue weighted by Crippen LogP contribution is 2.28. The molecule has 0 saturated carbocycles. The van der Waals surface area contributed by atoms with Gasteiger partial charge in [-0.05, 0) is 17.7 Å². The normalized spacial score (nSPS) is 11.2. The fourth-order valence-corrected chi connectivity index (χ4v) is 2.17. The Morgan fingerprint density at radius 1 is 1.35 bits per heavy atom. The molecule has 8 nitrogen and oxygen atoms in total. The van der Waals surface area contributed by atoms with Gasteiger partial charge in [-0.25, -0.2) is 0 Å². The van der Waals surface area contributed by atoms with Gasteiger partial charge in [-0.1, -0.05) is 6.07 Å². The molecule has 0 atom stereocenters. The van der Waals surface area contributed by atoms with Crippen LogP contribution in [-0.2, 0) is 11.2 Å². The SMILES string of the molecule is CN/C(=C\C=O)n1nc(N)nc1Cc1ccc(OC)c(OC)c1. The van der Waals surface area contributed by atoms with Gasteiger partial charge in [0.15, 0.2) is 11.5 Å². The Morgan fingerprint density at radius 2 is 2.09 bits per heavy atom. The summed E-state index contributed by atoms with van der Waals surface area (Å²) in [7, 11) is 4.85. The van der Waals surface area contributed by atoms with E-state index in [4.69, 9.17) is 15.2 Å². The molecular formula is C15H19N5O3. The minimum Gasteiger partial charge on any atom is -0.493 e. The van der Waals surface area contributed by atoms with Crippen molar-refractivity contribution >= 4 is 18.1 Å². The zero-order valence-corrected chi connectivity index (χ0v) is 13.2. The topological polar surface area (TPSA) is 104 Å². The second-order valence-electron chi connectivity index (χ2n) is 4.60. The molecule has 1 aromatic carbocycles. The summed E-state index contributed by atoms with van der Waals surface area (Å²) >= 11 is 0. The molecule has 1 heterocycles. The number of hydrogen-bond acceptors (Lipinski definition) is 7. The molecule has 0 aliphatic heterocycles. The maximum Gasteiger partial charge on any atom is 0.240 e. The third-order valence-corrected chi connectivity index (χ3v) is 3.21. The van der Waals surface area contributed by atoms with Crippen LogP contribution in [0.15, 0.2) is 24.3 Å². The highest BCUT2D eigenvalue weighted by Gasteiger charge is 2.13. The number of benzene rings is 1. The van der Waals surface area contributed by atoms with Crippen LogP contribution in [0.1, 0.15) is 11.4 Å². The molecule has 0 amide bonds. The van der Waals surface area contributed by atoms with Crippen LogP contribution in [0.25, 0.3) is 5.82 Å². The maximum absolute atomic E-state index is 10.7. The molecule has 0 saturated heterocycles. The van der Waals surface area contributed by atoms with Gasteiger partial charge in [-0.2, -0.15) is 9.67 Å². The summed E-state index contributed by atoms with van der Waals surface area (Å²) in [5.41, 5.74) is 6.63. The number of anilines is 1.